The van der Waals surface area contributed by atoms with Gasteiger partial charge in [0.1, 0.15) is 13.2 Å². The van der Waals surface area contributed by atoms with Gasteiger partial charge < -0.3 is 9.47 Å². The molecule has 0 heterocycles. The summed E-state index contributed by atoms with van der Waals surface area (Å²) >= 11 is 0. The van der Waals surface area contributed by atoms with E-state index in [1.54, 1.807) is 0 Å². The standard InChI is InChI=1S/C18H34O4/c1-9-17(6,7)14(19)21-11-12-22-15(20)18(8,10-2)13-16(3,4)5/h9-13H2,1-8H3. The molecule has 0 aliphatic rings. The van der Waals surface area contributed by atoms with Crippen LogP contribution < -0.4 is 0 Å². The molecule has 0 saturated heterocycles. The van der Waals surface area contributed by atoms with E-state index in [2.05, 4.69) is 20.8 Å². The molecular weight excluding hydrogens is 280 g/mol. The van der Waals surface area contributed by atoms with E-state index in [1.165, 1.54) is 0 Å². The first-order valence-electron chi connectivity index (χ1n) is 8.22. The molecule has 1 unspecified atom stereocenters. The van der Waals surface area contributed by atoms with Crippen molar-refractivity contribution in [1.82, 2.24) is 0 Å². The van der Waals surface area contributed by atoms with Gasteiger partial charge >= 0.3 is 11.9 Å². The highest BCUT2D eigenvalue weighted by Crippen LogP contribution is 2.37. The van der Waals surface area contributed by atoms with Crippen LogP contribution in [0, 0.1) is 16.2 Å². The van der Waals surface area contributed by atoms with Crippen molar-refractivity contribution in [3.8, 4) is 0 Å². The van der Waals surface area contributed by atoms with Gasteiger partial charge in [-0.15, -0.1) is 0 Å². The van der Waals surface area contributed by atoms with Gasteiger partial charge in [0.25, 0.3) is 0 Å². The third kappa shape index (κ3) is 6.80. The lowest BCUT2D eigenvalue weighted by molar-refractivity contribution is -0.164. The van der Waals surface area contributed by atoms with Crippen molar-refractivity contribution in [1.29, 1.82) is 0 Å². The summed E-state index contributed by atoms with van der Waals surface area (Å²) in [7, 11) is 0. The van der Waals surface area contributed by atoms with Crippen molar-refractivity contribution in [2.24, 2.45) is 16.2 Å². The first-order valence-corrected chi connectivity index (χ1v) is 8.22. The molecule has 0 fully saturated rings. The molecule has 0 radical (unpaired) electrons. The molecule has 0 saturated carbocycles. The van der Waals surface area contributed by atoms with Crippen LogP contribution in [0.4, 0.5) is 0 Å². The van der Waals surface area contributed by atoms with Crippen LogP contribution in [-0.2, 0) is 19.1 Å². The number of carbonyl (C=O) groups excluding carboxylic acids is 2. The Hall–Kier alpha value is -1.06. The normalized spacial score (nSPS) is 15.1. The minimum Gasteiger partial charge on any atom is -0.462 e. The molecule has 0 spiro atoms. The Labute approximate surface area is 135 Å². The molecule has 130 valence electrons. The first-order chi connectivity index (χ1) is 9.88. The first kappa shape index (κ1) is 20.9. The maximum Gasteiger partial charge on any atom is 0.311 e. The van der Waals surface area contributed by atoms with Gasteiger partial charge in [-0.2, -0.15) is 0 Å². The number of hydrogen-bond donors (Lipinski definition) is 0. The predicted octanol–water partition coefficient (Wildman–Crippen LogP) is 4.36. The van der Waals surface area contributed by atoms with Crippen LogP contribution in [0.25, 0.3) is 0 Å². The minimum atomic E-state index is -0.495. The molecule has 0 aromatic rings. The Balaban J connectivity index is 4.36. The molecule has 4 nitrogen and oxygen atoms in total. The summed E-state index contributed by atoms with van der Waals surface area (Å²) in [5.74, 6) is -0.463. The van der Waals surface area contributed by atoms with E-state index in [9.17, 15) is 9.59 Å². The van der Waals surface area contributed by atoms with E-state index < -0.39 is 10.8 Å². The van der Waals surface area contributed by atoms with E-state index >= 15 is 0 Å². The van der Waals surface area contributed by atoms with Gasteiger partial charge in [-0.25, -0.2) is 0 Å². The van der Waals surface area contributed by atoms with E-state index in [1.807, 2.05) is 34.6 Å². The SMILES string of the molecule is CCC(C)(C)C(=O)OCCOC(=O)C(C)(CC)CC(C)(C)C. The summed E-state index contributed by atoms with van der Waals surface area (Å²) in [5.41, 5.74) is -0.930. The zero-order chi connectivity index (χ0) is 17.6. The molecule has 0 aliphatic carbocycles. The second kappa shape index (κ2) is 7.98. The fourth-order valence-corrected chi connectivity index (χ4v) is 2.29. The summed E-state index contributed by atoms with van der Waals surface area (Å²) in [6.45, 7) is 16.1. The lowest BCUT2D eigenvalue weighted by Gasteiger charge is -2.32. The third-order valence-corrected chi connectivity index (χ3v) is 4.18. The van der Waals surface area contributed by atoms with Crippen molar-refractivity contribution in [2.75, 3.05) is 13.2 Å². The van der Waals surface area contributed by atoms with Crippen LogP contribution >= 0.6 is 0 Å². The summed E-state index contributed by atoms with van der Waals surface area (Å²) in [5, 5.41) is 0. The highest BCUT2D eigenvalue weighted by Gasteiger charge is 2.37. The van der Waals surface area contributed by atoms with Gasteiger partial charge in [0, 0.05) is 0 Å². The quantitative estimate of drug-likeness (QED) is 0.493. The summed E-state index contributed by atoms with van der Waals surface area (Å²) in [4.78, 5) is 24.1. The topological polar surface area (TPSA) is 52.6 Å². The van der Waals surface area contributed by atoms with Crippen LogP contribution in [0.15, 0.2) is 0 Å². The average molecular weight is 314 g/mol. The highest BCUT2D eigenvalue weighted by atomic mass is 16.6. The van der Waals surface area contributed by atoms with E-state index in [-0.39, 0.29) is 30.6 Å². The molecule has 4 heteroatoms. The van der Waals surface area contributed by atoms with Crippen molar-refractivity contribution >= 4 is 11.9 Å². The minimum absolute atomic E-state index is 0.0569. The van der Waals surface area contributed by atoms with Gasteiger partial charge in [-0.1, -0.05) is 34.6 Å². The Morgan fingerprint density at radius 3 is 1.59 bits per heavy atom. The van der Waals surface area contributed by atoms with Crippen LogP contribution in [0.3, 0.4) is 0 Å². The Morgan fingerprint density at radius 1 is 0.773 bits per heavy atom. The average Bonchev–Trinajstić information content (AvgIpc) is 2.40. The summed E-state index contributed by atoms with van der Waals surface area (Å²) < 4.78 is 10.5. The van der Waals surface area contributed by atoms with Crippen molar-refractivity contribution in [3.63, 3.8) is 0 Å². The number of carbonyl (C=O) groups is 2. The largest absolute Gasteiger partial charge is 0.462 e. The molecule has 0 rings (SSSR count). The molecule has 22 heavy (non-hydrogen) atoms. The fourth-order valence-electron chi connectivity index (χ4n) is 2.29. The van der Waals surface area contributed by atoms with E-state index in [0.29, 0.717) is 6.42 Å². The second-order valence-corrected chi connectivity index (χ2v) is 8.16. The Bertz CT molecular complexity index is 379. The summed E-state index contributed by atoms with van der Waals surface area (Å²) in [6.07, 6.45) is 2.20. The van der Waals surface area contributed by atoms with Crippen LogP contribution in [-0.4, -0.2) is 25.2 Å². The number of esters is 2. The molecule has 0 aliphatic heterocycles. The lowest BCUT2D eigenvalue weighted by atomic mass is 9.73. The molecule has 0 amide bonds. The highest BCUT2D eigenvalue weighted by molar-refractivity contribution is 5.77. The van der Waals surface area contributed by atoms with Crippen molar-refractivity contribution in [3.05, 3.63) is 0 Å². The number of ether oxygens (including phenoxy) is 2. The zero-order valence-electron chi connectivity index (χ0n) is 15.7. The van der Waals surface area contributed by atoms with Gasteiger partial charge in [0.15, 0.2) is 0 Å². The molecular formula is C18H34O4. The zero-order valence-corrected chi connectivity index (χ0v) is 15.7. The summed E-state index contributed by atoms with van der Waals surface area (Å²) in [6, 6.07) is 0. The molecule has 0 N–H and O–H groups in total. The number of hydrogen-bond acceptors (Lipinski definition) is 4. The van der Waals surface area contributed by atoms with E-state index in [0.717, 1.165) is 12.8 Å². The monoisotopic (exact) mass is 314 g/mol. The van der Waals surface area contributed by atoms with Gasteiger partial charge in [0.05, 0.1) is 10.8 Å². The lowest BCUT2D eigenvalue weighted by Crippen LogP contribution is -2.34. The van der Waals surface area contributed by atoms with Gasteiger partial charge in [0.2, 0.25) is 0 Å². The Kier molecular flexibility index (Phi) is 7.60. The van der Waals surface area contributed by atoms with Crippen LogP contribution in [0.5, 0.6) is 0 Å². The fraction of sp³-hybridized carbons (Fsp3) is 0.889. The number of rotatable bonds is 8. The second-order valence-electron chi connectivity index (χ2n) is 8.16. The van der Waals surface area contributed by atoms with Gasteiger partial charge in [-0.3, -0.25) is 9.59 Å². The molecule has 0 bridgehead atoms. The maximum absolute atomic E-state index is 12.3. The molecule has 0 aromatic carbocycles. The van der Waals surface area contributed by atoms with E-state index in [4.69, 9.17) is 9.47 Å². The predicted molar refractivity (Wildman–Crippen MR) is 88.5 cm³/mol. The van der Waals surface area contributed by atoms with Crippen molar-refractivity contribution < 1.29 is 19.1 Å². The van der Waals surface area contributed by atoms with Gasteiger partial charge in [-0.05, 0) is 45.4 Å². The molecule has 0 aromatic heterocycles. The Morgan fingerprint density at radius 2 is 1.23 bits per heavy atom. The third-order valence-electron chi connectivity index (χ3n) is 4.18. The smallest absolute Gasteiger partial charge is 0.311 e. The van der Waals surface area contributed by atoms with Crippen LogP contribution in [0.2, 0.25) is 0 Å². The van der Waals surface area contributed by atoms with Crippen molar-refractivity contribution in [2.45, 2.75) is 74.7 Å². The van der Waals surface area contributed by atoms with Crippen LogP contribution in [0.1, 0.15) is 74.7 Å². The molecule has 1 atom stereocenters. The maximum atomic E-state index is 12.3.